The average molecular weight is 252 g/mol. The van der Waals surface area contributed by atoms with Gasteiger partial charge in [-0.1, -0.05) is 19.4 Å². The maximum absolute atomic E-state index is 5.24. The maximum atomic E-state index is 5.24. The number of nitrogens with one attached hydrogen (secondary N) is 2. The average Bonchev–Trinajstić information content (AvgIpc) is 2.29. The number of ether oxygens (including phenoxy) is 1. The highest BCUT2D eigenvalue weighted by Crippen LogP contribution is 2.16. The molecule has 1 aromatic rings. The Morgan fingerprint density at radius 1 is 1.47 bits per heavy atom. The molecule has 1 aromatic carbocycles. The fourth-order valence-electron chi connectivity index (χ4n) is 1.60. The van der Waals surface area contributed by atoms with Crippen molar-refractivity contribution in [2.24, 2.45) is 0 Å². The number of hydrogen-bond donors (Lipinski definition) is 2. The Hall–Kier alpha value is -1.29. The Kier molecular flexibility index (Phi) is 5.77. The molecule has 94 valence electrons. The van der Waals surface area contributed by atoms with Gasteiger partial charge in [-0.25, -0.2) is 0 Å². The van der Waals surface area contributed by atoms with Crippen LogP contribution in [0.1, 0.15) is 26.7 Å². The molecule has 0 amide bonds. The molecule has 0 aliphatic carbocycles. The molecule has 0 heterocycles. The van der Waals surface area contributed by atoms with Crippen LogP contribution < -0.4 is 15.4 Å². The minimum Gasteiger partial charge on any atom is -0.497 e. The zero-order valence-electron chi connectivity index (χ0n) is 10.6. The van der Waals surface area contributed by atoms with Crippen LogP contribution in [0.5, 0.6) is 5.75 Å². The first-order valence-corrected chi connectivity index (χ1v) is 6.28. The van der Waals surface area contributed by atoms with E-state index in [1.165, 1.54) is 0 Å². The third kappa shape index (κ3) is 5.04. The summed E-state index contributed by atoms with van der Waals surface area (Å²) in [5, 5.41) is 7.04. The van der Waals surface area contributed by atoms with E-state index in [1.807, 2.05) is 24.3 Å². The molecule has 0 aliphatic rings. The summed E-state index contributed by atoms with van der Waals surface area (Å²) < 4.78 is 5.15. The van der Waals surface area contributed by atoms with Crippen LogP contribution in [0.15, 0.2) is 24.3 Å². The van der Waals surface area contributed by atoms with E-state index in [1.54, 1.807) is 7.11 Å². The van der Waals surface area contributed by atoms with Crippen LogP contribution in [-0.4, -0.2) is 18.3 Å². The minimum atomic E-state index is 0.394. The third-order valence-corrected chi connectivity index (χ3v) is 2.65. The summed E-state index contributed by atoms with van der Waals surface area (Å²) in [5.74, 6) is 0.819. The van der Waals surface area contributed by atoms with Crippen LogP contribution in [0.2, 0.25) is 0 Å². The van der Waals surface area contributed by atoms with E-state index in [0.717, 1.165) is 24.3 Å². The van der Waals surface area contributed by atoms with Gasteiger partial charge in [-0.05, 0) is 37.7 Å². The van der Waals surface area contributed by atoms with Crippen LogP contribution in [0.4, 0.5) is 5.69 Å². The number of anilines is 1. The SMILES string of the molecule is CCC[C@H](C)NC(=S)Nc1cccc(OC)c1. The molecular weight excluding hydrogens is 232 g/mol. The number of methoxy groups -OCH3 is 1. The summed E-state index contributed by atoms with van der Waals surface area (Å²) in [7, 11) is 1.65. The van der Waals surface area contributed by atoms with Crippen molar-refractivity contribution in [3.63, 3.8) is 0 Å². The van der Waals surface area contributed by atoms with Gasteiger partial charge in [0.15, 0.2) is 5.11 Å². The van der Waals surface area contributed by atoms with Gasteiger partial charge in [0, 0.05) is 17.8 Å². The van der Waals surface area contributed by atoms with Gasteiger partial charge in [0.05, 0.1) is 7.11 Å². The lowest BCUT2D eigenvalue weighted by atomic mass is 10.2. The van der Waals surface area contributed by atoms with Crippen LogP contribution in [0, 0.1) is 0 Å². The topological polar surface area (TPSA) is 33.3 Å². The number of hydrogen-bond acceptors (Lipinski definition) is 2. The van der Waals surface area contributed by atoms with Gasteiger partial charge in [-0.15, -0.1) is 0 Å². The van der Waals surface area contributed by atoms with E-state index >= 15 is 0 Å². The van der Waals surface area contributed by atoms with Crippen molar-refractivity contribution in [2.45, 2.75) is 32.7 Å². The van der Waals surface area contributed by atoms with Crippen LogP contribution in [0.25, 0.3) is 0 Å². The standard InChI is InChI=1S/C13H20N2OS/c1-4-6-10(2)14-13(17)15-11-7-5-8-12(9-11)16-3/h5,7-10H,4,6H2,1-3H3,(H2,14,15,17)/t10-/m0/s1. The molecule has 0 radical (unpaired) electrons. The molecule has 0 fully saturated rings. The molecule has 4 heteroatoms. The number of rotatable bonds is 5. The predicted molar refractivity (Wildman–Crippen MR) is 76.7 cm³/mol. The molecule has 1 atom stereocenters. The second-order valence-corrected chi connectivity index (χ2v) is 4.43. The predicted octanol–water partition coefficient (Wildman–Crippen LogP) is 3.17. The van der Waals surface area contributed by atoms with Gasteiger partial charge < -0.3 is 15.4 Å². The van der Waals surface area contributed by atoms with E-state index < -0.39 is 0 Å². The number of benzene rings is 1. The smallest absolute Gasteiger partial charge is 0.170 e. The molecule has 0 saturated carbocycles. The highest BCUT2D eigenvalue weighted by Gasteiger charge is 2.03. The van der Waals surface area contributed by atoms with Gasteiger partial charge in [0.2, 0.25) is 0 Å². The van der Waals surface area contributed by atoms with E-state index in [4.69, 9.17) is 17.0 Å². The molecule has 0 saturated heterocycles. The van der Waals surface area contributed by atoms with E-state index in [-0.39, 0.29) is 0 Å². The first-order valence-electron chi connectivity index (χ1n) is 5.87. The van der Waals surface area contributed by atoms with Crippen molar-refractivity contribution in [1.82, 2.24) is 5.32 Å². The van der Waals surface area contributed by atoms with Crippen LogP contribution >= 0.6 is 12.2 Å². The molecule has 0 aliphatic heterocycles. The van der Waals surface area contributed by atoms with Crippen molar-refractivity contribution in [3.8, 4) is 5.75 Å². The minimum absolute atomic E-state index is 0.394. The van der Waals surface area contributed by atoms with Crippen molar-refractivity contribution in [2.75, 3.05) is 12.4 Å². The molecule has 0 aromatic heterocycles. The van der Waals surface area contributed by atoms with Gasteiger partial charge in [0.1, 0.15) is 5.75 Å². The monoisotopic (exact) mass is 252 g/mol. The maximum Gasteiger partial charge on any atom is 0.170 e. The first kappa shape index (κ1) is 13.8. The van der Waals surface area contributed by atoms with E-state index in [2.05, 4.69) is 24.5 Å². The largest absolute Gasteiger partial charge is 0.497 e. The molecule has 2 N–H and O–H groups in total. The van der Waals surface area contributed by atoms with Crippen molar-refractivity contribution in [3.05, 3.63) is 24.3 Å². The Labute approximate surface area is 109 Å². The number of thiocarbonyl (C=S) groups is 1. The van der Waals surface area contributed by atoms with Crippen LogP contribution in [-0.2, 0) is 0 Å². The fraction of sp³-hybridized carbons (Fsp3) is 0.462. The molecule has 0 bridgehead atoms. The highest BCUT2D eigenvalue weighted by atomic mass is 32.1. The summed E-state index contributed by atoms with van der Waals surface area (Å²) in [6.07, 6.45) is 2.26. The van der Waals surface area contributed by atoms with Gasteiger partial charge in [-0.3, -0.25) is 0 Å². The normalized spacial score (nSPS) is 11.7. The van der Waals surface area contributed by atoms with Gasteiger partial charge >= 0.3 is 0 Å². The lowest BCUT2D eigenvalue weighted by Crippen LogP contribution is -2.35. The third-order valence-electron chi connectivity index (χ3n) is 2.43. The lowest BCUT2D eigenvalue weighted by molar-refractivity contribution is 0.415. The second kappa shape index (κ2) is 7.12. The summed E-state index contributed by atoms with van der Waals surface area (Å²) in [5.41, 5.74) is 0.936. The summed E-state index contributed by atoms with van der Waals surface area (Å²) in [6, 6.07) is 8.10. The summed E-state index contributed by atoms with van der Waals surface area (Å²) >= 11 is 5.24. The quantitative estimate of drug-likeness (QED) is 0.789. The second-order valence-electron chi connectivity index (χ2n) is 4.02. The molecule has 3 nitrogen and oxygen atoms in total. The summed E-state index contributed by atoms with van der Waals surface area (Å²) in [6.45, 7) is 4.29. The molecule has 17 heavy (non-hydrogen) atoms. The van der Waals surface area contributed by atoms with E-state index in [9.17, 15) is 0 Å². The Morgan fingerprint density at radius 3 is 2.88 bits per heavy atom. The van der Waals surface area contributed by atoms with Crippen molar-refractivity contribution >= 4 is 23.0 Å². The van der Waals surface area contributed by atoms with Crippen molar-refractivity contribution < 1.29 is 4.74 Å². The van der Waals surface area contributed by atoms with Gasteiger partial charge in [-0.2, -0.15) is 0 Å². The lowest BCUT2D eigenvalue weighted by Gasteiger charge is -2.16. The molecule has 0 spiro atoms. The molecular formula is C13H20N2OS. The van der Waals surface area contributed by atoms with Crippen LogP contribution in [0.3, 0.4) is 0 Å². The summed E-state index contributed by atoms with van der Waals surface area (Å²) in [4.78, 5) is 0. The Bertz CT molecular complexity index is 368. The Morgan fingerprint density at radius 2 is 2.24 bits per heavy atom. The highest BCUT2D eigenvalue weighted by molar-refractivity contribution is 7.80. The first-order chi connectivity index (χ1) is 8.15. The van der Waals surface area contributed by atoms with E-state index in [0.29, 0.717) is 11.2 Å². The van der Waals surface area contributed by atoms with Crippen molar-refractivity contribution in [1.29, 1.82) is 0 Å². The Balaban J connectivity index is 2.49. The molecule has 1 rings (SSSR count). The zero-order chi connectivity index (χ0) is 12.7. The fourth-order valence-corrected chi connectivity index (χ4v) is 1.92. The zero-order valence-corrected chi connectivity index (χ0v) is 11.4. The molecule has 0 unspecified atom stereocenters. The van der Waals surface area contributed by atoms with Gasteiger partial charge in [0.25, 0.3) is 0 Å².